The van der Waals surface area contributed by atoms with E-state index in [-0.39, 0.29) is 41.9 Å². The molecular weight excluding hydrogens is 706 g/mol. The van der Waals surface area contributed by atoms with Crippen molar-refractivity contribution in [1.29, 1.82) is 0 Å². The highest BCUT2D eigenvalue weighted by molar-refractivity contribution is 9.10. The molecule has 1 saturated heterocycles. The third-order valence-electron chi connectivity index (χ3n) is 11.7. The first-order chi connectivity index (χ1) is 24.4. The molecule has 5 heterocycles. The van der Waals surface area contributed by atoms with Crippen LogP contribution in [0.15, 0.2) is 47.3 Å². The second-order valence-corrected chi connectivity index (χ2v) is 16.4. The van der Waals surface area contributed by atoms with E-state index >= 15 is 0 Å². The number of hydrogen-bond donors (Lipinski definition) is 0. The van der Waals surface area contributed by atoms with E-state index in [1.165, 1.54) is 19.8 Å². The predicted molar refractivity (Wildman–Crippen MR) is 200 cm³/mol. The molecule has 2 unspecified atom stereocenters. The summed E-state index contributed by atoms with van der Waals surface area (Å²) < 4.78 is 2.42. The van der Waals surface area contributed by atoms with Gasteiger partial charge in [-0.1, -0.05) is 39.2 Å². The number of carbonyl (C=O) groups is 3. The molecular formula is C40H48BrN7O3. The van der Waals surface area contributed by atoms with Crippen LogP contribution < -0.4 is 0 Å². The van der Waals surface area contributed by atoms with E-state index in [1.807, 2.05) is 48.5 Å². The first kappa shape index (κ1) is 35.6. The number of pyridine rings is 1. The van der Waals surface area contributed by atoms with Crippen LogP contribution in [0.25, 0.3) is 22.0 Å². The van der Waals surface area contributed by atoms with Gasteiger partial charge in [0.2, 0.25) is 5.91 Å². The molecule has 2 bridgehead atoms. The standard InChI is InChI=1S/C40H48BrN7O3/c1-24-10-7-6-8-13-46(5)23-40-18-33(34(50)17-31-11-9-12-36(41)44-31)48(35(40)19-40)37(51)22-47-39-29(14-25(24)2)15-28(30-20-42-27(4)43-21-30)16-32(39)38(45-47)26(3)49/h9,11-12,15-16,20-21,24-25,33,35H,6-8,10,13-14,17-19,22-23H2,1-5H3/t24?,25?,33-,35+,40-/m0/s1. The van der Waals surface area contributed by atoms with Crippen molar-refractivity contribution in [2.24, 2.45) is 17.3 Å². The van der Waals surface area contributed by atoms with Crippen LogP contribution in [0.2, 0.25) is 0 Å². The fraction of sp³-hybridized carbons (Fsp3) is 0.525. The van der Waals surface area contributed by atoms with Crippen LogP contribution in [0.3, 0.4) is 0 Å². The number of benzene rings is 1. The number of halogens is 1. The van der Waals surface area contributed by atoms with E-state index in [0.29, 0.717) is 40.1 Å². The molecule has 0 radical (unpaired) electrons. The number of piperidine rings is 1. The Labute approximate surface area is 308 Å². The van der Waals surface area contributed by atoms with Crippen molar-refractivity contribution in [1.82, 2.24) is 34.5 Å². The molecule has 2 aliphatic heterocycles. The Kier molecular flexibility index (Phi) is 9.97. The van der Waals surface area contributed by atoms with Crippen molar-refractivity contribution in [2.45, 2.75) is 97.7 Å². The van der Waals surface area contributed by atoms with Gasteiger partial charge in [-0.2, -0.15) is 5.10 Å². The van der Waals surface area contributed by atoms with Gasteiger partial charge in [0.1, 0.15) is 22.7 Å². The molecule has 3 aliphatic rings. The van der Waals surface area contributed by atoms with Crippen molar-refractivity contribution < 1.29 is 14.4 Å². The molecule has 1 aromatic carbocycles. The maximum Gasteiger partial charge on any atom is 0.245 e. The molecule has 51 heavy (non-hydrogen) atoms. The highest BCUT2D eigenvalue weighted by Crippen LogP contribution is 2.60. The van der Waals surface area contributed by atoms with Gasteiger partial charge in [0.05, 0.1) is 18.0 Å². The van der Waals surface area contributed by atoms with Gasteiger partial charge < -0.3 is 9.80 Å². The zero-order valence-corrected chi connectivity index (χ0v) is 31.9. The van der Waals surface area contributed by atoms with Crippen LogP contribution in [-0.2, 0) is 29.0 Å². The summed E-state index contributed by atoms with van der Waals surface area (Å²) in [5.41, 5.74) is 4.58. The lowest BCUT2D eigenvalue weighted by molar-refractivity contribution is -0.139. The maximum atomic E-state index is 14.6. The molecule has 7 rings (SSSR count). The first-order valence-electron chi connectivity index (χ1n) is 18.4. The number of hydrogen-bond acceptors (Lipinski definition) is 8. The van der Waals surface area contributed by atoms with Gasteiger partial charge in [0.15, 0.2) is 11.6 Å². The average molecular weight is 755 g/mol. The van der Waals surface area contributed by atoms with Crippen molar-refractivity contribution in [3.8, 4) is 11.1 Å². The Hall–Kier alpha value is -3.83. The minimum atomic E-state index is -0.532. The summed E-state index contributed by atoms with van der Waals surface area (Å²) >= 11 is 3.43. The highest BCUT2D eigenvalue weighted by atomic mass is 79.9. The zero-order chi connectivity index (χ0) is 36.0. The summed E-state index contributed by atoms with van der Waals surface area (Å²) in [6.07, 6.45) is 10.7. The van der Waals surface area contributed by atoms with Crippen LogP contribution in [0.5, 0.6) is 0 Å². The van der Waals surface area contributed by atoms with E-state index in [1.54, 1.807) is 4.68 Å². The minimum absolute atomic E-state index is 0.00154. The second kappa shape index (κ2) is 14.3. The van der Waals surface area contributed by atoms with E-state index in [9.17, 15) is 14.4 Å². The normalized spacial score (nSPS) is 26.1. The van der Waals surface area contributed by atoms with Crippen LogP contribution >= 0.6 is 15.9 Å². The van der Waals surface area contributed by atoms with Gasteiger partial charge in [-0.05, 0) is 109 Å². The van der Waals surface area contributed by atoms with Crippen LogP contribution in [0.4, 0.5) is 0 Å². The molecule has 268 valence electrons. The number of aryl methyl sites for hydroxylation is 1. The lowest BCUT2D eigenvalue weighted by atomic mass is 9.85. The largest absolute Gasteiger partial charge is 0.327 e. The molecule has 2 fully saturated rings. The van der Waals surface area contributed by atoms with Crippen LogP contribution in [0, 0.1) is 24.2 Å². The van der Waals surface area contributed by atoms with Crippen LogP contribution in [-0.4, -0.2) is 84.2 Å². The molecule has 11 heteroatoms. The van der Waals surface area contributed by atoms with E-state index < -0.39 is 6.04 Å². The summed E-state index contributed by atoms with van der Waals surface area (Å²) in [5, 5.41) is 5.58. The Morgan fingerprint density at radius 1 is 1.02 bits per heavy atom. The Balaban J connectivity index is 1.31. The van der Waals surface area contributed by atoms with Gasteiger partial charge in [-0.15, -0.1) is 0 Å². The molecule has 4 aromatic rings. The number of Topliss-reactive ketones (excluding diaryl/α,β-unsaturated/α-hetero) is 2. The number of ketones is 2. The number of nitrogens with zero attached hydrogens (tertiary/aromatic N) is 7. The molecule has 1 saturated carbocycles. The lowest BCUT2D eigenvalue weighted by Gasteiger charge is -2.27. The lowest BCUT2D eigenvalue weighted by Crippen LogP contribution is -2.45. The molecule has 10 nitrogen and oxygen atoms in total. The van der Waals surface area contributed by atoms with Gasteiger partial charge in [-0.3, -0.25) is 19.1 Å². The Morgan fingerprint density at radius 2 is 1.80 bits per heavy atom. The molecule has 3 aromatic heterocycles. The number of carbonyl (C=O) groups excluding carboxylic acids is 3. The maximum absolute atomic E-state index is 14.6. The molecule has 1 amide bonds. The van der Waals surface area contributed by atoms with Crippen molar-refractivity contribution in [3.63, 3.8) is 0 Å². The fourth-order valence-corrected chi connectivity index (χ4v) is 9.04. The highest BCUT2D eigenvalue weighted by Gasteiger charge is 2.66. The molecule has 0 N–H and O–H groups in total. The summed E-state index contributed by atoms with van der Waals surface area (Å²) in [6.45, 7) is 9.85. The molecule has 5 atom stereocenters. The fourth-order valence-electron chi connectivity index (χ4n) is 8.66. The van der Waals surface area contributed by atoms with Crippen molar-refractivity contribution in [2.75, 3.05) is 20.1 Å². The summed E-state index contributed by atoms with van der Waals surface area (Å²) in [5.74, 6) is 1.26. The third-order valence-corrected chi connectivity index (χ3v) is 12.1. The van der Waals surface area contributed by atoms with E-state index in [2.05, 4.69) is 62.7 Å². The topological polar surface area (TPSA) is 114 Å². The number of aromatic nitrogens is 5. The monoisotopic (exact) mass is 753 g/mol. The Bertz CT molecular complexity index is 1980. The smallest absolute Gasteiger partial charge is 0.245 e. The van der Waals surface area contributed by atoms with Gasteiger partial charge in [0.25, 0.3) is 0 Å². The van der Waals surface area contributed by atoms with Gasteiger partial charge in [-0.25, -0.2) is 15.0 Å². The van der Waals surface area contributed by atoms with E-state index in [4.69, 9.17) is 5.10 Å². The van der Waals surface area contributed by atoms with Crippen molar-refractivity contribution in [3.05, 3.63) is 70.1 Å². The van der Waals surface area contributed by atoms with Gasteiger partial charge in [0, 0.05) is 54.0 Å². The van der Waals surface area contributed by atoms with Crippen LogP contribution in [0.1, 0.15) is 86.9 Å². The third kappa shape index (κ3) is 7.29. The molecule has 1 aliphatic carbocycles. The molecule has 0 spiro atoms. The number of rotatable bonds is 5. The summed E-state index contributed by atoms with van der Waals surface area (Å²) in [6, 6.07) is 9.21. The van der Waals surface area contributed by atoms with E-state index in [0.717, 1.165) is 66.4 Å². The Morgan fingerprint density at radius 3 is 2.55 bits per heavy atom. The first-order valence-corrected chi connectivity index (χ1v) is 19.2. The zero-order valence-electron chi connectivity index (χ0n) is 30.4. The minimum Gasteiger partial charge on any atom is -0.327 e. The van der Waals surface area contributed by atoms with Gasteiger partial charge >= 0.3 is 0 Å². The summed E-state index contributed by atoms with van der Waals surface area (Å²) in [7, 11) is 2.18. The van der Waals surface area contributed by atoms with Crippen molar-refractivity contribution >= 4 is 44.3 Å². The number of amides is 1. The SMILES string of the molecule is CC(=O)c1nn2c3c(cc(-c4cnc(C)nc4)cc13)CC(C)C(C)CCCCCN(C)C[C@@]13C[C@@H](C(=O)Cc4cccc(Br)n4)N(C(=O)C2)[C@@H]1C3. The predicted octanol–water partition coefficient (Wildman–Crippen LogP) is 6.65. The second-order valence-electron chi connectivity index (χ2n) is 15.6. The summed E-state index contributed by atoms with van der Waals surface area (Å²) in [4.78, 5) is 59.6. The average Bonchev–Trinajstić information content (AvgIpc) is 3.47. The quantitative estimate of drug-likeness (QED) is 0.164.